The number of nitrogens with one attached hydrogen (secondary N) is 1. The number of hydrogen-bond acceptors (Lipinski definition) is 4. The van der Waals surface area contributed by atoms with Gasteiger partial charge in [0.25, 0.3) is 0 Å². The number of ether oxygens (including phenoxy) is 1. The lowest BCUT2D eigenvalue weighted by atomic mass is 9.98. The molecule has 158 valence electrons. The second kappa shape index (κ2) is 8.78. The van der Waals surface area contributed by atoms with Crippen molar-refractivity contribution in [1.82, 2.24) is 5.32 Å². The number of benzene rings is 3. The predicted molar refractivity (Wildman–Crippen MR) is 122 cm³/mol. The molecule has 1 N–H and O–H groups in total. The summed E-state index contributed by atoms with van der Waals surface area (Å²) in [6.45, 7) is 0.584. The van der Waals surface area contributed by atoms with Crippen molar-refractivity contribution in [1.29, 1.82) is 0 Å². The van der Waals surface area contributed by atoms with Crippen LogP contribution in [0.25, 0.3) is 17.2 Å². The van der Waals surface area contributed by atoms with Crippen LogP contribution in [0.15, 0.2) is 83.8 Å². The molecule has 3 aromatic carbocycles. The van der Waals surface area contributed by atoms with Crippen LogP contribution in [0.5, 0.6) is 0 Å². The van der Waals surface area contributed by atoms with Gasteiger partial charge in [-0.1, -0.05) is 72.8 Å². The molecule has 0 aliphatic heterocycles. The molecule has 0 heterocycles. The molecule has 0 atom stereocenters. The van der Waals surface area contributed by atoms with Crippen LogP contribution in [-0.4, -0.2) is 33.9 Å². The van der Waals surface area contributed by atoms with Gasteiger partial charge in [-0.05, 0) is 39.9 Å². The first-order valence-electron chi connectivity index (χ1n) is 9.99. The molecule has 1 aliphatic rings. The molecule has 1 amide bonds. The zero-order chi connectivity index (χ0) is 21.8. The van der Waals surface area contributed by atoms with Gasteiger partial charge in [0.2, 0.25) is 0 Å². The fourth-order valence-corrected chi connectivity index (χ4v) is 4.44. The highest BCUT2D eigenvalue weighted by Crippen LogP contribution is 2.44. The molecular weight excluding hydrogens is 410 g/mol. The van der Waals surface area contributed by atoms with E-state index in [4.69, 9.17) is 4.74 Å². The third kappa shape index (κ3) is 4.70. The fourth-order valence-electron chi connectivity index (χ4n) is 3.81. The van der Waals surface area contributed by atoms with E-state index in [-0.39, 0.29) is 17.4 Å². The van der Waals surface area contributed by atoms with Crippen LogP contribution in [0.3, 0.4) is 0 Å². The van der Waals surface area contributed by atoms with Crippen molar-refractivity contribution in [2.45, 2.75) is 10.8 Å². The first kappa shape index (κ1) is 20.9. The number of sulfone groups is 1. The van der Waals surface area contributed by atoms with Gasteiger partial charge in [0, 0.05) is 18.7 Å². The van der Waals surface area contributed by atoms with Gasteiger partial charge in [0.05, 0.1) is 4.90 Å². The summed E-state index contributed by atoms with van der Waals surface area (Å²) in [5.41, 5.74) is 5.58. The Morgan fingerprint density at radius 3 is 2.10 bits per heavy atom. The highest BCUT2D eigenvalue weighted by molar-refractivity contribution is 7.90. The average Bonchev–Trinajstić information content (AvgIpc) is 3.09. The molecule has 0 aromatic heterocycles. The molecule has 1 aliphatic carbocycles. The Morgan fingerprint density at radius 1 is 0.935 bits per heavy atom. The summed E-state index contributed by atoms with van der Waals surface area (Å²) in [6, 6.07) is 23.0. The van der Waals surface area contributed by atoms with Crippen molar-refractivity contribution in [2.24, 2.45) is 0 Å². The van der Waals surface area contributed by atoms with Crippen molar-refractivity contribution < 1.29 is 17.9 Å². The molecule has 4 rings (SSSR count). The number of carbonyl (C=O) groups is 1. The maximum Gasteiger partial charge on any atom is 0.407 e. The highest BCUT2D eigenvalue weighted by atomic mass is 32.2. The molecule has 31 heavy (non-hydrogen) atoms. The minimum Gasteiger partial charge on any atom is -0.449 e. The van der Waals surface area contributed by atoms with E-state index in [2.05, 4.69) is 29.6 Å². The van der Waals surface area contributed by atoms with Crippen LogP contribution in [0.1, 0.15) is 22.6 Å². The van der Waals surface area contributed by atoms with E-state index in [1.165, 1.54) is 28.5 Å². The lowest BCUT2D eigenvalue weighted by Gasteiger charge is -2.14. The molecule has 3 aromatic rings. The Kier molecular flexibility index (Phi) is 5.91. The van der Waals surface area contributed by atoms with E-state index in [0.717, 1.165) is 5.56 Å². The summed E-state index contributed by atoms with van der Waals surface area (Å²) in [7, 11) is -3.20. The number of fused-ring (bicyclic) bond motifs is 3. The van der Waals surface area contributed by atoms with Crippen LogP contribution in [0, 0.1) is 0 Å². The summed E-state index contributed by atoms with van der Waals surface area (Å²) < 4.78 is 28.5. The molecule has 0 bridgehead atoms. The summed E-state index contributed by atoms with van der Waals surface area (Å²) in [6.07, 6.45) is 4.31. The van der Waals surface area contributed by atoms with E-state index >= 15 is 0 Å². The van der Waals surface area contributed by atoms with Gasteiger partial charge in [-0.25, -0.2) is 13.2 Å². The number of hydrogen-bond donors (Lipinski definition) is 1. The Morgan fingerprint density at radius 2 is 1.52 bits per heavy atom. The van der Waals surface area contributed by atoms with E-state index in [9.17, 15) is 13.2 Å². The second-order valence-corrected chi connectivity index (χ2v) is 9.47. The molecule has 0 saturated carbocycles. The molecule has 0 radical (unpaired) electrons. The largest absolute Gasteiger partial charge is 0.449 e. The van der Waals surface area contributed by atoms with Crippen molar-refractivity contribution >= 4 is 22.0 Å². The van der Waals surface area contributed by atoms with Crippen LogP contribution in [0.2, 0.25) is 0 Å². The maximum atomic E-state index is 12.2. The van der Waals surface area contributed by atoms with Crippen molar-refractivity contribution in [3.8, 4) is 11.1 Å². The molecule has 6 heteroatoms. The fraction of sp³-hybridized carbons (Fsp3) is 0.160. The molecule has 0 saturated heterocycles. The van der Waals surface area contributed by atoms with Crippen LogP contribution < -0.4 is 5.32 Å². The van der Waals surface area contributed by atoms with Crippen LogP contribution >= 0.6 is 0 Å². The van der Waals surface area contributed by atoms with E-state index in [1.54, 1.807) is 30.3 Å². The Balaban J connectivity index is 1.31. The minimum absolute atomic E-state index is 0.0297. The van der Waals surface area contributed by atoms with Gasteiger partial charge in [-0.15, -0.1) is 0 Å². The second-order valence-electron chi connectivity index (χ2n) is 7.45. The molecule has 0 fully saturated rings. The minimum atomic E-state index is -3.20. The van der Waals surface area contributed by atoms with Crippen molar-refractivity contribution in [3.05, 3.63) is 95.6 Å². The number of carbonyl (C=O) groups excluding carboxylic acids is 1. The van der Waals surface area contributed by atoms with E-state index in [0.29, 0.717) is 6.54 Å². The van der Waals surface area contributed by atoms with E-state index in [1.807, 2.05) is 30.3 Å². The van der Waals surface area contributed by atoms with Gasteiger partial charge < -0.3 is 10.1 Å². The lowest BCUT2D eigenvalue weighted by molar-refractivity contribution is 0.144. The molecular formula is C25H23NO4S. The van der Waals surface area contributed by atoms with Crippen LogP contribution in [-0.2, 0) is 14.6 Å². The average molecular weight is 434 g/mol. The smallest absolute Gasteiger partial charge is 0.407 e. The number of alkyl carbamates (subject to hydrolysis) is 1. The molecule has 0 unspecified atom stereocenters. The predicted octanol–water partition coefficient (Wildman–Crippen LogP) is 4.64. The van der Waals surface area contributed by atoms with Crippen molar-refractivity contribution in [2.75, 3.05) is 19.4 Å². The summed E-state index contributed by atoms with van der Waals surface area (Å²) in [4.78, 5) is 12.4. The zero-order valence-corrected chi connectivity index (χ0v) is 17.9. The first-order chi connectivity index (χ1) is 14.9. The normalized spacial score (nSPS) is 13.1. The quantitative estimate of drug-likeness (QED) is 0.615. The van der Waals surface area contributed by atoms with Gasteiger partial charge in [-0.3, -0.25) is 0 Å². The Labute approximate surface area is 182 Å². The Hall–Kier alpha value is -3.38. The monoisotopic (exact) mass is 433 g/mol. The van der Waals surface area contributed by atoms with E-state index < -0.39 is 15.9 Å². The molecule has 5 nitrogen and oxygen atoms in total. The zero-order valence-electron chi connectivity index (χ0n) is 17.1. The third-order valence-corrected chi connectivity index (χ3v) is 6.45. The summed E-state index contributed by atoms with van der Waals surface area (Å²) >= 11 is 0. The molecule has 0 spiro atoms. The third-order valence-electron chi connectivity index (χ3n) is 5.33. The SMILES string of the molecule is CS(=O)(=O)c1ccc(C=CCNC(=O)OCC2c3ccccc3-c3ccccc32)cc1. The summed E-state index contributed by atoms with van der Waals surface area (Å²) in [5.74, 6) is 0.0297. The van der Waals surface area contributed by atoms with Gasteiger partial charge in [-0.2, -0.15) is 0 Å². The first-order valence-corrected chi connectivity index (χ1v) is 11.9. The van der Waals surface area contributed by atoms with Gasteiger partial charge >= 0.3 is 6.09 Å². The van der Waals surface area contributed by atoms with Crippen LogP contribution in [0.4, 0.5) is 4.79 Å². The van der Waals surface area contributed by atoms with Gasteiger partial charge in [0.1, 0.15) is 6.61 Å². The lowest BCUT2D eigenvalue weighted by Crippen LogP contribution is -2.26. The number of rotatable bonds is 6. The number of amides is 1. The topological polar surface area (TPSA) is 72.5 Å². The van der Waals surface area contributed by atoms with Gasteiger partial charge in [0.15, 0.2) is 9.84 Å². The maximum absolute atomic E-state index is 12.2. The van der Waals surface area contributed by atoms with Crippen molar-refractivity contribution in [3.63, 3.8) is 0 Å². The standard InChI is InChI=1S/C25H23NO4S/c1-31(28,29)19-14-12-18(13-15-19)7-6-16-26-25(27)30-17-24-22-10-4-2-8-20(22)21-9-3-5-11-23(21)24/h2-15,24H,16-17H2,1H3,(H,26,27). The summed E-state index contributed by atoms with van der Waals surface area (Å²) in [5, 5.41) is 2.72. The Bertz CT molecular complexity index is 1180. The highest BCUT2D eigenvalue weighted by Gasteiger charge is 2.28.